The van der Waals surface area contributed by atoms with Crippen molar-refractivity contribution in [1.82, 2.24) is 0 Å². The first-order valence-corrected chi connectivity index (χ1v) is 7.04. The van der Waals surface area contributed by atoms with Gasteiger partial charge in [0.2, 0.25) is 0 Å². The van der Waals surface area contributed by atoms with Crippen molar-refractivity contribution < 1.29 is 14.3 Å². The van der Waals surface area contributed by atoms with Gasteiger partial charge in [0.25, 0.3) is 0 Å². The summed E-state index contributed by atoms with van der Waals surface area (Å²) in [5.74, 6) is -0.353. The van der Waals surface area contributed by atoms with E-state index in [1.807, 2.05) is 30.3 Å². The quantitative estimate of drug-likeness (QED) is 0.474. The molecule has 0 aromatic heterocycles. The van der Waals surface area contributed by atoms with Crippen molar-refractivity contribution in [2.24, 2.45) is 0 Å². The van der Waals surface area contributed by atoms with E-state index in [0.29, 0.717) is 11.1 Å². The van der Waals surface area contributed by atoms with Crippen molar-refractivity contribution in [2.75, 3.05) is 7.11 Å². The highest BCUT2D eigenvalue weighted by Gasteiger charge is 2.04. The van der Waals surface area contributed by atoms with Gasteiger partial charge in [0, 0.05) is 10.0 Å². The average molecular weight is 345 g/mol. The molecule has 0 unspecified atom stereocenters. The van der Waals surface area contributed by atoms with Crippen LogP contribution in [0, 0.1) is 0 Å². The number of halogens is 1. The molecule has 0 bridgehead atoms. The van der Waals surface area contributed by atoms with E-state index in [4.69, 9.17) is 0 Å². The van der Waals surface area contributed by atoms with Gasteiger partial charge in [-0.25, -0.2) is 4.79 Å². The number of carbonyl (C=O) groups excluding carboxylic acids is 2. The average Bonchev–Trinajstić information content (AvgIpc) is 2.55. The highest BCUT2D eigenvalue weighted by molar-refractivity contribution is 9.15. The fraction of sp³-hybridized carbons (Fsp3) is 0.0588. The molecule has 21 heavy (non-hydrogen) atoms. The van der Waals surface area contributed by atoms with E-state index in [1.165, 1.54) is 7.11 Å². The number of esters is 1. The van der Waals surface area contributed by atoms with E-state index in [2.05, 4.69) is 20.7 Å². The Hall–Kier alpha value is -2.20. The fourth-order valence-corrected chi connectivity index (χ4v) is 2.31. The Labute approximate surface area is 131 Å². The van der Waals surface area contributed by atoms with Gasteiger partial charge in [-0.3, -0.25) is 4.79 Å². The zero-order valence-corrected chi connectivity index (χ0v) is 13.0. The SMILES string of the molecule is COC(=O)c1ccc(/C=C(\Br)c2ccc(C=O)cc2)cc1. The molecule has 0 radical (unpaired) electrons. The third-order valence-corrected chi connectivity index (χ3v) is 3.63. The molecule has 0 aliphatic carbocycles. The predicted molar refractivity (Wildman–Crippen MR) is 86.4 cm³/mol. The minimum atomic E-state index is -0.353. The molecule has 3 nitrogen and oxygen atoms in total. The number of methoxy groups -OCH3 is 1. The summed E-state index contributed by atoms with van der Waals surface area (Å²) in [6.07, 6.45) is 2.75. The van der Waals surface area contributed by atoms with Crippen LogP contribution < -0.4 is 0 Å². The lowest BCUT2D eigenvalue weighted by Gasteiger charge is -2.02. The third kappa shape index (κ3) is 3.89. The van der Waals surface area contributed by atoms with Crippen molar-refractivity contribution in [3.8, 4) is 0 Å². The molecule has 0 fully saturated rings. The second kappa shape index (κ2) is 6.99. The van der Waals surface area contributed by atoms with Crippen LogP contribution in [0.5, 0.6) is 0 Å². The van der Waals surface area contributed by atoms with Crippen LogP contribution in [0.4, 0.5) is 0 Å². The van der Waals surface area contributed by atoms with Gasteiger partial charge in [0.05, 0.1) is 12.7 Å². The molecule has 0 aliphatic heterocycles. The van der Waals surface area contributed by atoms with Crippen LogP contribution in [-0.2, 0) is 4.74 Å². The van der Waals surface area contributed by atoms with Crippen molar-refractivity contribution in [3.05, 3.63) is 70.8 Å². The summed E-state index contributed by atoms with van der Waals surface area (Å²) in [5.41, 5.74) is 3.08. The Kier molecular flexibility index (Phi) is 5.06. The van der Waals surface area contributed by atoms with Gasteiger partial charge < -0.3 is 4.74 Å². The predicted octanol–water partition coefficient (Wildman–Crippen LogP) is 4.18. The molecule has 2 aromatic rings. The van der Waals surface area contributed by atoms with Crippen molar-refractivity contribution in [2.45, 2.75) is 0 Å². The Balaban J connectivity index is 2.21. The molecule has 0 saturated heterocycles. The smallest absolute Gasteiger partial charge is 0.337 e. The molecule has 0 N–H and O–H groups in total. The standard InChI is InChI=1S/C17H13BrO3/c1-21-17(20)15-8-2-12(3-9-15)10-16(18)14-6-4-13(11-19)5-7-14/h2-11H,1H3/b16-10-. The molecule has 0 atom stereocenters. The van der Waals surface area contributed by atoms with E-state index in [0.717, 1.165) is 21.9 Å². The van der Waals surface area contributed by atoms with Crippen molar-refractivity contribution >= 4 is 38.7 Å². The van der Waals surface area contributed by atoms with Crippen LogP contribution in [0.2, 0.25) is 0 Å². The molecule has 2 rings (SSSR count). The maximum absolute atomic E-state index is 11.4. The molecule has 106 valence electrons. The van der Waals surface area contributed by atoms with Crippen LogP contribution in [0.25, 0.3) is 10.6 Å². The molecule has 0 spiro atoms. The van der Waals surface area contributed by atoms with Gasteiger partial charge in [0.15, 0.2) is 0 Å². The van der Waals surface area contributed by atoms with Crippen LogP contribution in [0.3, 0.4) is 0 Å². The zero-order chi connectivity index (χ0) is 15.2. The number of rotatable bonds is 4. The van der Waals surface area contributed by atoms with E-state index in [-0.39, 0.29) is 5.97 Å². The Morgan fingerprint density at radius 2 is 1.48 bits per heavy atom. The first-order chi connectivity index (χ1) is 10.1. The maximum Gasteiger partial charge on any atom is 0.337 e. The number of carbonyl (C=O) groups is 2. The number of hydrogen-bond acceptors (Lipinski definition) is 3. The molecule has 0 amide bonds. The highest BCUT2D eigenvalue weighted by atomic mass is 79.9. The first-order valence-electron chi connectivity index (χ1n) is 6.25. The number of ether oxygens (including phenoxy) is 1. The van der Waals surface area contributed by atoms with Gasteiger partial charge in [-0.15, -0.1) is 0 Å². The zero-order valence-electron chi connectivity index (χ0n) is 11.4. The highest BCUT2D eigenvalue weighted by Crippen LogP contribution is 2.24. The molecule has 0 saturated carbocycles. The summed E-state index contributed by atoms with van der Waals surface area (Å²) in [7, 11) is 1.36. The second-order valence-electron chi connectivity index (χ2n) is 4.35. The molecule has 0 aliphatic rings. The van der Waals surface area contributed by atoms with Crippen molar-refractivity contribution in [1.29, 1.82) is 0 Å². The van der Waals surface area contributed by atoms with Crippen LogP contribution in [-0.4, -0.2) is 19.4 Å². The minimum Gasteiger partial charge on any atom is -0.465 e. The lowest BCUT2D eigenvalue weighted by atomic mass is 10.1. The third-order valence-electron chi connectivity index (χ3n) is 2.95. The molecule has 4 heteroatoms. The fourth-order valence-electron chi connectivity index (χ4n) is 1.78. The lowest BCUT2D eigenvalue weighted by molar-refractivity contribution is 0.0600. The topological polar surface area (TPSA) is 43.4 Å². The van der Waals surface area contributed by atoms with E-state index >= 15 is 0 Å². The van der Waals surface area contributed by atoms with E-state index in [1.54, 1.807) is 24.3 Å². The largest absolute Gasteiger partial charge is 0.465 e. The van der Waals surface area contributed by atoms with Crippen molar-refractivity contribution in [3.63, 3.8) is 0 Å². The summed E-state index contributed by atoms with van der Waals surface area (Å²) in [6.45, 7) is 0. The summed E-state index contributed by atoms with van der Waals surface area (Å²) in [5, 5.41) is 0. The minimum absolute atomic E-state index is 0.353. The van der Waals surface area contributed by atoms with E-state index in [9.17, 15) is 9.59 Å². The summed E-state index contributed by atoms with van der Waals surface area (Å²) in [4.78, 5) is 22.0. The Morgan fingerprint density at radius 3 is 2.00 bits per heavy atom. The maximum atomic E-state index is 11.4. The first kappa shape index (κ1) is 15.2. The normalized spacial score (nSPS) is 11.0. The monoisotopic (exact) mass is 344 g/mol. The summed E-state index contributed by atoms with van der Waals surface area (Å²) < 4.78 is 5.55. The molecular formula is C17H13BrO3. The molecular weight excluding hydrogens is 332 g/mol. The lowest BCUT2D eigenvalue weighted by Crippen LogP contribution is -2.00. The van der Waals surface area contributed by atoms with Gasteiger partial charge in [-0.05, 0) is 29.3 Å². The summed E-state index contributed by atoms with van der Waals surface area (Å²) in [6, 6.07) is 14.4. The molecule has 2 aromatic carbocycles. The van der Waals surface area contributed by atoms with Gasteiger partial charge in [-0.2, -0.15) is 0 Å². The van der Waals surface area contributed by atoms with Crippen LogP contribution in [0.15, 0.2) is 48.5 Å². The number of hydrogen-bond donors (Lipinski definition) is 0. The second-order valence-corrected chi connectivity index (χ2v) is 5.20. The van der Waals surface area contributed by atoms with Crippen LogP contribution in [0.1, 0.15) is 31.8 Å². The summed E-state index contributed by atoms with van der Waals surface area (Å²) >= 11 is 3.51. The number of aldehydes is 1. The van der Waals surface area contributed by atoms with Gasteiger partial charge in [-0.1, -0.05) is 52.3 Å². The van der Waals surface area contributed by atoms with Gasteiger partial charge >= 0.3 is 5.97 Å². The van der Waals surface area contributed by atoms with Gasteiger partial charge in [0.1, 0.15) is 6.29 Å². The van der Waals surface area contributed by atoms with E-state index < -0.39 is 0 Å². The Morgan fingerprint density at radius 1 is 0.952 bits per heavy atom. The number of benzene rings is 2. The molecule has 0 heterocycles. The Bertz CT molecular complexity index is 670. The van der Waals surface area contributed by atoms with Crippen LogP contribution >= 0.6 is 15.9 Å².